The van der Waals surface area contributed by atoms with Crippen molar-refractivity contribution in [2.24, 2.45) is 0 Å². The number of hydrogen-bond acceptors (Lipinski definition) is 1. The molecule has 16 heavy (non-hydrogen) atoms. The van der Waals surface area contributed by atoms with Gasteiger partial charge < -0.3 is 4.79 Å². The van der Waals surface area contributed by atoms with Gasteiger partial charge >= 0.3 is 6.18 Å². The molecule has 0 saturated heterocycles. The molecule has 0 aliphatic carbocycles. The Kier molecular flexibility index (Phi) is 4.38. The van der Waals surface area contributed by atoms with E-state index in [2.05, 4.69) is 15.9 Å². The van der Waals surface area contributed by atoms with Crippen molar-refractivity contribution in [2.75, 3.05) is 0 Å². The molecule has 0 fully saturated rings. The summed E-state index contributed by atoms with van der Waals surface area (Å²) in [5.41, 5.74) is -0.388. The molecule has 0 aromatic heterocycles. The Balaban J connectivity index is 3.03. The first kappa shape index (κ1) is 13.5. The molecule has 6 heteroatoms. The maximum atomic E-state index is 12.4. The van der Waals surface area contributed by atoms with Gasteiger partial charge in [-0.25, -0.2) is 0 Å². The zero-order valence-corrected chi connectivity index (χ0v) is 10.2. The van der Waals surface area contributed by atoms with Crippen LogP contribution < -0.4 is 0 Å². The predicted molar refractivity (Wildman–Crippen MR) is 58.6 cm³/mol. The summed E-state index contributed by atoms with van der Waals surface area (Å²) in [6, 6.07) is 3.48. The zero-order chi connectivity index (χ0) is 12.3. The normalized spacial score (nSPS) is 13.6. The predicted octanol–water partition coefficient (Wildman–Crippen LogP) is 3.82. The molecule has 1 aromatic carbocycles. The fourth-order valence-electron chi connectivity index (χ4n) is 1.21. The van der Waals surface area contributed by atoms with E-state index >= 15 is 0 Å². The second-order valence-corrected chi connectivity index (χ2v) is 4.68. The van der Waals surface area contributed by atoms with E-state index < -0.39 is 17.1 Å². The van der Waals surface area contributed by atoms with Crippen LogP contribution in [0.2, 0.25) is 0 Å². The molecule has 0 aliphatic rings. The van der Waals surface area contributed by atoms with E-state index in [1.54, 1.807) is 0 Å². The van der Waals surface area contributed by atoms with E-state index in [0.717, 1.165) is 12.1 Å². The summed E-state index contributed by atoms with van der Waals surface area (Å²) in [5.74, 6) is 0. The Morgan fingerprint density at radius 2 is 2.00 bits per heavy atom. The van der Waals surface area contributed by atoms with Crippen LogP contribution in [0.5, 0.6) is 0 Å². The van der Waals surface area contributed by atoms with Crippen LogP contribution >= 0.6 is 27.5 Å². The summed E-state index contributed by atoms with van der Waals surface area (Å²) < 4.78 is 37.6. The lowest BCUT2D eigenvalue weighted by molar-refractivity contribution is -0.137. The molecule has 88 valence electrons. The van der Waals surface area contributed by atoms with Gasteiger partial charge in [-0.2, -0.15) is 13.2 Å². The van der Waals surface area contributed by atoms with Crippen LogP contribution in [-0.4, -0.2) is 11.7 Å². The molecule has 1 rings (SSSR count). The molecule has 0 radical (unpaired) electrons. The third-order valence-electron chi connectivity index (χ3n) is 1.86. The molecule has 1 nitrogen and oxygen atoms in total. The van der Waals surface area contributed by atoms with Gasteiger partial charge in [0.05, 0.1) is 10.9 Å². The second kappa shape index (κ2) is 5.19. The van der Waals surface area contributed by atoms with E-state index in [4.69, 9.17) is 11.6 Å². The summed E-state index contributed by atoms with van der Waals surface area (Å²) in [6.45, 7) is 0. The number of carbonyl (C=O) groups is 1. The lowest BCUT2D eigenvalue weighted by atomic mass is 10.1. The topological polar surface area (TPSA) is 17.1 Å². The average molecular weight is 316 g/mol. The van der Waals surface area contributed by atoms with Gasteiger partial charge in [-0.05, 0) is 30.2 Å². The van der Waals surface area contributed by atoms with Crippen molar-refractivity contribution in [2.45, 2.75) is 18.0 Å². The van der Waals surface area contributed by atoms with Crippen molar-refractivity contribution in [1.82, 2.24) is 0 Å². The number of hydrogen-bond donors (Lipinski definition) is 0. The molecule has 0 N–H and O–H groups in total. The molecule has 1 aromatic rings. The Morgan fingerprint density at radius 1 is 1.38 bits per heavy atom. The van der Waals surface area contributed by atoms with E-state index in [1.807, 2.05) is 0 Å². The van der Waals surface area contributed by atoms with Gasteiger partial charge in [0, 0.05) is 4.47 Å². The molecule has 1 atom stereocenters. The smallest absolute Gasteiger partial charge is 0.302 e. The summed E-state index contributed by atoms with van der Waals surface area (Å²) in [7, 11) is 0. The van der Waals surface area contributed by atoms with E-state index in [-0.39, 0.29) is 6.42 Å². The fourth-order valence-corrected chi connectivity index (χ4v) is 1.92. The van der Waals surface area contributed by atoms with Crippen molar-refractivity contribution in [1.29, 1.82) is 0 Å². The summed E-state index contributed by atoms with van der Waals surface area (Å²) in [5, 5.41) is -0.810. The van der Waals surface area contributed by atoms with Crippen LogP contribution in [0.15, 0.2) is 22.7 Å². The molecular formula is C10H7BrClF3O. The van der Waals surface area contributed by atoms with Gasteiger partial charge in [-0.15, -0.1) is 11.6 Å². The van der Waals surface area contributed by atoms with E-state index in [1.165, 1.54) is 6.07 Å². The maximum Gasteiger partial charge on any atom is 0.416 e. The Hall–Kier alpha value is -0.550. The maximum absolute atomic E-state index is 12.4. The minimum absolute atomic E-state index is 0.0770. The highest BCUT2D eigenvalue weighted by Crippen LogP contribution is 2.32. The third kappa shape index (κ3) is 3.79. The van der Waals surface area contributed by atoms with Gasteiger partial charge in [0.2, 0.25) is 0 Å². The lowest BCUT2D eigenvalue weighted by Crippen LogP contribution is -2.08. The Labute approximate surface area is 104 Å². The van der Waals surface area contributed by atoms with Gasteiger partial charge in [-0.1, -0.05) is 15.9 Å². The van der Waals surface area contributed by atoms with Gasteiger partial charge in [0.1, 0.15) is 6.29 Å². The molecule has 0 bridgehead atoms. The lowest BCUT2D eigenvalue weighted by Gasteiger charge is -2.10. The first-order chi connectivity index (χ1) is 7.32. The van der Waals surface area contributed by atoms with Crippen LogP contribution in [0.1, 0.15) is 11.1 Å². The zero-order valence-electron chi connectivity index (χ0n) is 7.89. The Morgan fingerprint density at radius 3 is 2.50 bits per heavy atom. The monoisotopic (exact) mass is 314 g/mol. The highest BCUT2D eigenvalue weighted by atomic mass is 79.9. The number of carbonyl (C=O) groups excluding carboxylic acids is 1. The third-order valence-corrected chi connectivity index (χ3v) is 2.58. The van der Waals surface area contributed by atoms with Crippen molar-refractivity contribution in [3.63, 3.8) is 0 Å². The molecule has 0 spiro atoms. The van der Waals surface area contributed by atoms with Crippen LogP contribution in [0, 0.1) is 0 Å². The molecular weight excluding hydrogens is 308 g/mol. The minimum Gasteiger partial charge on any atom is -0.302 e. The standard InChI is InChI=1S/C10H7BrClF3O/c11-8-2-6(3-9(12)5-16)1-7(4-8)10(13,14)15/h1-2,4-5,9H,3H2. The van der Waals surface area contributed by atoms with Gasteiger partial charge in [-0.3, -0.25) is 0 Å². The molecule has 1 unspecified atom stereocenters. The van der Waals surface area contributed by atoms with Crippen molar-refractivity contribution in [3.8, 4) is 0 Å². The minimum atomic E-state index is -4.40. The highest BCUT2D eigenvalue weighted by molar-refractivity contribution is 9.10. The molecule has 0 aliphatic heterocycles. The van der Waals surface area contributed by atoms with Crippen LogP contribution in [0.25, 0.3) is 0 Å². The van der Waals surface area contributed by atoms with Crippen LogP contribution in [0.3, 0.4) is 0 Å². The average Bonchev–Trinajstić information content (AvgIpc) is 2.15. The van der Waals surface area contributed by atoms with Crippen molar-refractivity contribution >= 4 is 33.8 Å². The van der Waals surface area contributed by atoms with Crippen LogP contribution in [-0.2, 0) is 17.4 Å². The number of rotatable bonds is 3. The van der Waals surface area contributed by atoms with Crippen LogP contribution in [0.4, 0.5) is 13.2 Å². The summed E-state index contributed by atoms with van der Waals surface area (Å²) in [4.78, 5) is 10.3. The van der Waals surface area contributed by atoms with Gasteiger partial charge in [0.15, 0.2) is 0 Å². The van der Waals surface area contributed by atoms with Crippen molar-refractivity contribution < 1.29 is 18.0 Å². The largest absolute Gasteiger partial charge is 0.416 e. The van der Waals surface area contributed by atoms with Gasteiger partial charge in [0.25, 0.3) is 0 Å². The van der Waals surface area contributed by atoms with E-state index in [0.29, 0.717) is 16.3 Å². The Bertz CT molecular complexity index is 392. The summed E-state index contributed by atoms with van der Waals surface area (Å²) in [6.07, 6.45) is -3.83. The number of aldehydes is 1. The molecule has 0 heterocycles. The molecule has 0 amide bonds. The quantitative estimate of drug-likeness (QED) is 0.612. The number of alkyl halides is 4. The first-order valence-electron chi connectivity index (χ1n) is 4.29. The molecule has 0 saturated carbocycles. The summed E-state index contributed by atoms with van der Waals surface area (Å²) >= 11 is 8.54. The number of halogens is 5. The highest BCUT2D eigenvalue weighted by Gasteiger charge is 2.31. The second-order valence-electron chi connectivity index (χ2n) is 3.20. The SMILES string of the molecule is O=CC(Cl)Cc1cc(Br)cc(C(F)(F)F)c1. The first-order valence-corrected chi connectivity index (χ1v) is 5.52. The van der Waals surface area contributed by atoms with Crippen molar-refractivity contribution in [3.05, 3.63) is 33.8 Å². The number of benzene rings is 1. The van der Waals surface area contributed by atoms with E-state index in [9.17, 15) is 18.0 Å². The fraction of sp³-hybridized carbons (Fsp3) is 0.300.